The van der Waals surface area contributed by atoms with Crippen molar-refractivity contribution in [1.82, 2.24) is 10.2 Å². The number of hydrogen-bond donors (Lipinski definition) is 2. The minimum Gasteiger partial charge on any atom is -0.394 e. The third-order valence-electron chi connectivity index (χ3n) is 2.28. The van der Waals surface area contributed by atoms with Crippen LogP contribution in [-0.2, 0) is 0 Å². The standard InChI is InChI=1S/C12H28N2O/c1-10(2)7-14(6)8-12(5,9-15)13-11(3)4/h10-11,13,15H,7-9H2,1-6H3. The Balaban J connectivity index is 4.17. The van der Waals surface area contributed by atoms with E-state index in [1.807, 2.05) is 0 Å². The summed E-state index contributed by atoms with van der Waals surface area (Å²) < 4.78 is 0. The second-order valence-electron chi connectivity index (χ2n) is 5.61. The van der Waals surface area contributed by atoms with Crippen LogP contribution in [-0.4, -0.2) is 48.3 Å². The maximum absolute atomic E-state index is 9.43. The molecule has 0 rings (SSSR count). The summed E-state index contributed by atoms with van der Waals surface area (Å²) in [6.07, 6.45) is 0. The third-order valence-corrected chi connectivity index (χ3v) is 2.28. The van der Waals surface area contributed by atoms with Crippen LogP contribution in [0.4, 0.5) is 0 Å². The van der Waals surface area contributed by atoms with Crippen molar-refractivity contribution in [3.8, 4) is 0 Å². The van der Waals surface area contributed by atoms with Gasteiger partial charge in [0.05, 0.1) is 12.1 Å². The number of nitrogens with one attached hydrogen (secondary N) is 1. The topological polar surface area (TPSA) is 35.5 Å². The Morgan fingerprint density at radius 3 is 2.13 bits per heavy atom. The van der Waals surface area contributed by atoms with Crippen LogP contribution in [0.1, 0.15) is 34.6 Å². The molecule has 92 valence electrons. The van der Waals surface area contributed by atoms with E-state index in [9.17, 15) is 5.11 Å². The smallest absolute Gasteiger partial charge is 0.0623 e. The Bertz CT molecular complexity index is 171. The first-order valence-corrected chi connectivity index (χ1v) is 5.86. The van der Waals surface area contributed by atoms with Gasteiger partial charge in [-0.1, -0.05) is 27.7 Å². The molecule has 0 aromatic carbocycles. The van der Waals surface area contributed by atoms with Gasteiger partial charge in [0.25, 0.3) is 0 Å². The molecule has 0 aliphatic rings. The lowest BCUT2D eigenvalue weighted by Gasteiger charge is -2.35. The summed E-state index contributed by atoms with van der Waals surface area (Å²) in [5.41, 5.74) is -0.197. The molecule has 0 aliphatic carbocycles. The zero-order valence-corrected chi connectivity index (χ0v) is 11.2. The molecule has 3 heteroatoms. The minimum atomic E-state index is -0.197. The molecule has 0 radical (unpaired) electrons. The number of likely N-dealkylation sites (N-methyl/N-ethyl adjacent to an activating group) is 1. The van der Waals surface area contributed by atoms with Crippen LogP contribution in [0.5, 0.6) is 0 Å². The molecular formula is C12H28N2O. The Morgan fingerprint density at radius 1 is 1.27 bits per heavy atom. The molecule has 0 amide bonds. The molecule has 1 atom stereocenters. The van der Waals surface area contributed by atoms with E-state index in [1.165, 1.54) is 0 Å². The van der Waals surface area contributed by atoms with Crippen LogP contribution in [0.3, 0.4) is 0 Å². The van der Waals surface area contributed by atoms with E-state index in [4.69, 9.17) is 0 Å². The summed E-state index contributed by atoms with van der Waals surface area (Å²) in [5.74, 6) is 0.664. The van der Waals surface area contributed by atoms with Gasteiger partial charge < -0.3 is 15.3 Å². The first-order chi connectivity index (χ1) is 6.79. The number of nitrogens with zero attached hydrogens (tertiary/aromatic N) is 1. The van der Waals surface area contributed by atoms with Gasteiger partial charge in [0.2, 0.25) is 0 Å². The highest BCUT2D eigenvalue weighted by molar-refractivity contribution is 4.86. The van der Waals surface area contributed by atoms with Crippen molar-refractivity contribution in [3.63, 3.8) is 0 Å². The van der Waals surface area contributed by atoms with Gasteiger partial charge in [0, 0.05) is 19.1 Å². The average Bonchev–Trinajstić information content (AvgIpc) is 2.00. The normalized spacial score (nSPS) is 16.4. The summed E-state index contributed by atoms with van der Waals surface area (Å²) in [6.45, 7) is 12.8. The Morgan fingerprint density at radius 2 is 1.80 bits per heavy atom. The van der Waals surface area contributed by atoms with Gasteiger partial charge in [-0.2, -0.15) is 0 Å². The number of aliphatic hydroxyl groups is 1. The second-order valence-corrected chi connectivity index (χ2v) is 5.61. The maximum atomic E-state index is 9.43. The molecule has 0 aliphatic heterocycles. The minimum absolute atomic E-state index is 0.174. The summed E-state index contributed by atoms with van der Waals surface area (Å²) in [4.78, 5) is 2.27. The zero-order valence-electron chi connectivity index (χ0n) is 11.2. The lowest BCUT2D eigenvalue weighted by atomic mass is 10.0. The molecule has 1 unspecified atom stereocenters. The van der Waals surface area contributed by atoms with E-state index in [0.29, 0.717) is 12.0 Å². The molecule has 0 spiro atoms. The molecule has 0 heterocycles. The first-order valence-electron chi connectivity index (χ1n) is 5.86. The fourth-order valence-electron chi connectivity index (χ4n) is 2.12. The summed E-state index contributed by atoms with van der Waals surface area (Å²) in [6, 6.07) is 0.398. The van der Waals surface area contributed by atoms with E-state index in [1.54, 1.807) is 0 Å². The van der Waals surface area contributed by atoms with Crippen molar-refractivity contribution in [2.45, 2.75) is 46.2 Å². The monoisotopic (exact) mass is 216 g/mol. The highest BCUT2D eigenvalue weighted by Gasteiger charge is 2.25. The molecule has 0 fully saturated rings. The molecule has 0 bridgehead atoms. The van der Waals surface area contributed by atoms with Crippen LogP contribution < -0.4 is 5.32 Å². The van der Waals surface area contributed by atoms with E-state index < -0.39 is 0 Å². The largest absolute Gasteiger partial charge is 0.394 e. The predicted molar refractivity (Wildman–Crippen MR) is 66.1 cm³/mol. The van der Waals surface area contributed by atoms with Gasteiger partial charge in [0.15, 0.2) is 0 Å². The first kappa shape index (κ1) is 14.9. The van der Waals surface area contributed by atoms with Crippen LogP contribution >= 0.6 is 0 Å². The Labute approximate surface area is 94.9 Å². The highest BCUT2D eigenvalue weighted by Crippen LogP contribution is 2.08. The summed E-state index contributed by atoms with van der Waals surface area (Å²) in [7, 11) is 2.11. The molecule has 0 aromatic heterocycles. The summed E-state index contributed by atoms with van der Waals surface area (Å²) >= 11 is 0. The molecule has 0 saturated heterocycles. The molecule has 0 aromatic rings. The van der Waals surface area contributed by atoms with Crippen molar-refractivity contribution >= 4 is 0 Å². The van der Waals surface area contributed by atoms with E-state index in [2.05, 4.69) is 51.9 Å². The highest BCUT2D eigenvalue weighted by atomic mass is 16.3. The van der Waals surface area contributed by atoms with Crippen molar-refractivity contribution in [3.05, 3.63) is 0 Å². The number of hydrogen-bond acceptors (Lipinski definition) is 3. The Kier molecular flexibility index (Phi) is 6.41. The fraction of sp³-hybridized carbons (Fsp3) is 1.00. The quantitative estimate of drug-likeness (QED) is 0.674. The number of aliphatic hydroxyl groups excluding tert-OH is 1. The van der Waals surface area contributed by atoms with E-state index in [-0.39, 0.29) is 12.1 Å². The maximum Gasteiger partial charge on any atom is 0.0623 e. The number of rotatable bonds is 7. The average molecular weight is 216 g/mol. The van der Waals surface area contributed by atoms with Crippen LogP contribution in [0.15, 0.2) is 0 Å². The van der Waals surface area contributed by atoms with Crippen molar-refractivity contribution in [1.29, 1.82) is 0 Å². The van der Waals surface area contributed by atoms with Crippen LogP contribution in [0, 0.1) is 5.92 Å². The lowest BCUT2D eigenvalue weighted by molar-refractivity contribution is 0.120. The second kappa shape index (κ2) is 6.46. The van der Waals surface area contributed by atoms with Crippen LogP contribution in [0.2, 0.25) is 0 Å². The van der Waals surface area contributed by atoms with Gasteiger partial charge in [-0.25, -0.2) is 0 Å². The molecule has 3 nitrogen and oxygen atoms in total. The van der Waals surface area contributed by atoms with Crippen molar-refractivity contribution in [2.24, 2.45) is 5.92 Å². The lowest BCUT2D eigenvalue weighted by Crippen LogP contribution is -2.55. The van der Waals surface area contributed by atoms with Crippen molar-refractivity contribution < 1.29 is 5.11 Å². The molecule has 0 saturated carbocycles. The zero-order chi connectivity index (χ0) is 12.1. The van der Waals surface area contributed by atoms with Gasteiger partial charge >= 0.3 is 0 Å². The molecule has 2 N–H and O–H groups in total. The summed E-state index contributed by atoms with van der Waals surface area (Å²) in [5, 5.41) is 12.8. The van der Waals surface area contributed by atoms with Crippen molar-refractivity contribution in [2.75, 3.05) is 26.7 Å². The third kappa shape index (κ3) is 6.88. The van der Waals surface area contributed by atoms with Crippen LogP contribution in [0.25, 0.3) is 0 Å². The van der Waals surface area contributed by atoms with Gasteiger partial charge in [-0.05, 0) is 19.9 Å². The van der Waals surface area contributed by atoms with Gasteiger partial charge in [-0.15, -0.1) is 0 Å². The molecule has 15 heavy (non-hydrogen) atoms. The van der Waals surface area contributed by atoms with Gasteiger partial charge in [0.1, 0.15) is 0 Å². The predicted octanol–water partition coefficient (Wildman–Crippen LogP) is 1.32. The molecular weight excluding hydrogens is 188 g/mol. The van der Waals surface area contributed by atoms with Gasteiger partial charge in [-0.3, -0.25) is 0 Å². The van der Waals surface area contributed by atoms with E-state index >= 15 is 0 Å². The van der Waals surface area contributed by atoms with E-state index in [0.717, 1.165) is 13.1 Å². The fourth-order valence-corrected chi connectivity index (χ4v) is 2.12. The SMILES string of the molecule is CC(C)CN(C)CC(C)(CO)NC(C)C. The Hall–Kier alpha value is -0.120.